The van der Waals surface area contributed by atoms with Crippen molar-refractivity contribution in [3.8, 4) is 5.75 Å². The summed E-state index contributed by atoms with van der Waals surface area (Å²) in [6.07, 6.45) is -1.94. The van der Waals surface area contributed by atoms with Crippen LogP contribution in [0, 0.1) is 0 Å². The van der Waals surface area contributed by atoms with Crippen LogP contribution in [0.2, 0.25) is 0 Å². The van der Waals surface area contributed by atoms with E-state index in [4.69, 9.17) is 36.0 Å². The van der Waals surface area contributed by atoms with E-state index in [9.17, 15) is 13.6 Å². The highest BCUT2D eigenvalue weighted by Gasteiger charge is 2.40. The fraction of sp³-hybridized carbons (Fsp3) is 0.643. The number of ether oxygens (including phenoxy) is 2. The molecule has 1 atom stereocenters. The lowest BCUT2D eigenvalue weighted by Gasteiger charge is -2.37. The predicted molar refractivity (Wildman–Crippen MR) is 162 cm³/mol. The van der Waals surface area contributed by atoms with E-state index < -0.39 is 12.6 Å². The maximum absolute atomic E-state index is 14.6. The summed E-state index contributed by atoms with van der Waals surface area (Å²) in [6.45, 7) is 4.62. The van der Waals surface area contributed by atoms with Crippen molar-refractivity contribution in [2.24, 2.45) is 0 Å². The van der Waals surface area contributed by atoms with Gasteiger partial charge in [0, 0.05) is 45.8 Å². The summed E-state index contributed by atoms with van der Waals surface area (Å²) in [7, 11) is 5.88. The van der Waals surface area contributed by atoms with Crippen molar-refractivity contribution in [2.75, 3.05) is 99.6 Å². The summed E-state index contributed by atoms with van der Waals surface area (Å²) in [4.78, 5) is 35.6. The van der Waals surface area contributed by atoms with Crippen LogP contribution in [0.1, 0.15) is 19.3 Å². The number of benzene rings is 1. The number of morpholine rings is 1. The molecule has 15 heteroatoms. The number of hydrogen-bond acceptors (Lipinski definition) is 11. The first-order valence-electron chi connectivity index (χ1n) is 14.7. The molecule has 43 heavy (non-hydrogen) atoms. The van der Waals surface area contributed by atoms with Crippen molar-refractivity contribution in [2.45, 2.75) is 37.9 Å². The highest BCUT2D eigenvalue weighted by molar-refractivity contribution is 6.27. The lowest BCUT2D eigenvalue weighted by atomic mass is 10.0. The molecular formula is C28H40ClF2N9O3. The number of nitrogens with zero attached hydrogens (tertiary/aromatic N) is 8. The van der Waals surface area contributed by atoms with Gasteiger partial charge in [-0.05, 0) is 45.5 Å². The molecule has 3 aliphatic rings. The number of carbonyl (C=O) groups excluding carboxylic acids is 1. The summed E-state index contributed by atoms with van der Waals surface area (Å²) >= 11 is 5.76. The minimum absolute atomic E-state index is 0.0419. The van der Waals surface area contributed by atoms with Crippen LogP contribution in [0.25, 0.3) is 0 Å². The molecule has 1 aromatic carbocycles. The number of anilines is 5. The summed E-state index contributed by atoms with van der Waals surface area (Å²) in [5.74, 6) is 1.28. The Morgan fingerprint density at radius 2 is 1.84 bits per heavy atom. The zero-order chi connectivity index (χ0) is 30.5. The van der Waals surface area contributed by atoms with Gasteiger partial charge in [-0.15, -0.1) is 11.6 Å². The Bertz CT molecular complexity index is 1250. The molecule has 0 saturated carbocycles. The molecule has 2 aromatic rings. The molecule has 1 unspecified atom stereocenters. The highest BCUT2D eigenvalue weighted by atomic mass is 35.5. The number of hydrogen-bond donors (Lipinski definition) is 1. The Balaban J connectivity index is 1.47. The number of halogens is 3. The average molecular weight is 624 g/mol. The molecule has 5 rings (SSSR count). The van der Waals surface area contributed by atoms with Crippen LogP contribution in [-0.4, -0.2) is 129 Å². The van der Waals surface area contributed by atoms with E-state index in [-0.39, 0.29) is 23.8 Å². The van der Waals surface area contributed by atoms with Crippen LogP contribution in [0.4, 0.5) is 38.0 Å². The summed E-state index contributed by atoms with van der Waals surface area (Å²) in [5, 5.41) is 2.98. The van der Waals surface area contributed by atoms with E-state index >= 15 is 0 Å². The van der Waals surface area contributed by atoms with Gasteiger partial charge in [0.25, 0.3) is 6.43 Å². The van der Waals surface area contributed by atoms with E-state index in [1.807, 2.05) is 30.9 Å². The second-order valence-electron chi connectivity index (χ2n) is 11.1. The van der Waals surface area contributed by atoms with Crippen LogP contribution < -0.4 is 24.8 Å². The number of fused-ring (bicyclic) bond motifs is 1. The van der Waals surface area contributed by atoms with Gasteiger partial charge in [-0.25, -0.2) is 8.78 Å². The molecule has 1 N–H and O–H groups in total. The number of amides is 1. The molecule has 3 aliphatic heterocycles. The smallest absolute Gasteiger partial charge is 0.277 e. The number of piperidine rings is 1. The molecule has 236 valence electrons. The maximum Gasteiger partial charge on any atom is 0.277 e. The normalized spacial score (nSPS) is 19.2. The molecule has 0 aliphatic carbocycles. The fourth-order valence-electron chi connectivity index (χ4n) is 5.58. The maximum atomic E-state index is 14.6. The third-order valence-electron chi connectivity index (χ3n) is 7.98. The summed E-state index contributed by atoms with van der Waals surface area (Å²) < 4.78 is 40.8. The van der Waals surface area contributed by atoms with Crippen molar-refractivity contribution < 1.29 is 23.0 Å². The van der Waals surface area contributed by atoms with E-state index in [1.165, 1.54) is 4.90 Å². The lowest BCUT2D eigenvalue weighted by molar-refractivity contribution is -0.129. The second-order valence-corrected chi connectivity index (χ2v) is 11.4. The zero-order valence-electron chi connectivity index (χ0n) is 24.9. The number of nitrogens with one attached hydrogen (secondary N) is 1. The Morgan fingerprint density at radius 3 is 2.51 bits per heavy atom. The zero-order valence-corrected chi connectivity index (χ0v) is 25.6. The topological polar surface area (TPSA) is 102 Å². The van der Waals surface area contributed by atoms with Crippen LogP contribution in [-0.2, 0) is 9.53 Å². The van der Waals surface area contributed by atoms with Gasteiger partial charge in [-0.3, -0.25) is 9.69 Å². The number of alkyl halides is 3. The van der Waals surface area contributed by atoms with Crippen molar-refractivity contribution in [3.63, 3.8) is 0 Å². The number of carbonyl (C=O) groups is 1. The second kappa shape index (κ2) is 14.0. The molecule has 0 spiro atoms. The Hall–Kier alpha value is -3.23. The molecule has 0 bridgehead atoms. The van der Waals surface area contributed by atoms with Gasteiger partial charge < -0.3 is 34.4 Å². The van der Waals surface area contributed by atoms with Gasteiger partial charge in [0.05, 0.1) is 25.5 Å². The van der Waals surface area contributed by atoms with Crippen molar-refractivity contribution in [1.29, 1.82) is 0 Å². The first kappa shape index (κ1) is 31.2. The van der Waals surface area contributed by atoms with Crippen LogP contribution in [0.5, 0.6) is 5.75 Å². The summed E-state index contributed by atoms with van der Waals surface area (Å²) in [5.41, 5.74) is 0.994. The third-order valence-corrected chi connectivity index (χ3v) is 8.21. The van der Waals surface area contributed by atoms with Gasteiger partial charge in [0.1, 0.15) is 17.3 Å². The Labute approximate surface area is 255 Å². The quantitative estimate of drug-likeness (QED) is 0.295. The number of para-hydroxylation sites is 1. The third kappa shape index (κ3) is 7.13. The van der Waals surface area contributed by atoms with Gasteiger partial charge in [-0.2, -0.15) is 15.0 Å². The van der Waals surface area contributed by atoms with Crippen LogP contribution in [0.3, 0.4) is 0 Å². The molecular weight excluding hydrogens is 584 g/mol. The minimum atomic E-state index is -2.75. The van der Waals surface area contributed by atoms with Crippen LogP contribution in [0.15, 0.2) is 18.2 Å². The number of likely N-dealkylation sites (tertiary alicyclic amines) is 1. The Kier molecular flexibility index (Phi) is 10.2. The molecule has 12 nitrogen and oxygen atoms in total. The van der Waals surface area contributed by atoms with E-state index in [1.54, 1.807) is 23.1 Å². The van der Waals surface area contributed by atoms with Gasteiger partial charge in [-0.1, -0.05) is 6.07 Å². The molecule has 2 saturated heterocycles. The molecule has 2 fully saturated rings. The first-order valence-corrected chi connectivity index (χ1v) is 15.2. The van der Waals surface area contributed by atoms with Gasteiger partial charge >= 0.3 is 0 Å². The molecule has 4 heterocycles. The summed E-state index contributed by atoms with van der Waals surface area (Å²) in [6, 6.07) is 5.38. The first-order chi connectivity index (χ1) is 20.8. The average Bonchev–Trinajstić information content (AvgIpc) is 3.43. The standard InChI is InChI=1S/C28H40ClF2N9O3/c1-36(2)10-5-15-43-21-7-4-6-20-23(21)32-25(24(30)31)40(20)28-34-26(33-27(35-28)39-13-16-42-17-14-39)37(3)19-8-11-38(12-9-19)22(41)18-29/h4,6-7,19,24-25,32H,5,8-18H2,1-3H3. The molecule has 0 radical (unpaired) electrons. The van der Waals surface area contributed by atoms with E-state index in [2.05, 4.69) is 10.2 Å². The molecule has 1 amide bonds. The van der Waals surface area contributed by atoms with Gasteiger partial charge in [0.2, 0.25) is 23.8 Å². The lowest BCUT2D eigenvalue weighted by Crippen LogP contribution is -2.47. The minimum Gasteiger partial charge on any atom is -0.491 e. The molecule has 1 aromatic heterocycles. The van der Waals surface area contributed by atoms with E-state index in [0.29, 0.717) is 87.9 Å². The van der Waals surface area contributed by atoms with Crippen molar-refractivity contribution in [3.05, 3.63) is 18.2 Å². The highest BCUT2D eigenvalue weighted by Crippen LogP contribution is 2.46. The number of aromatic nitrogens is 3. The van der Waals surface area contributed by atoms with Crippen molar-refractivity contribution in [1.82, 2.24) is 24.8 Å². The SMILES string of the molecule is CN(C)CCCOc1cccc2c1NC(C(F)F)N2c1nc(N2CCOCC2)nc(N(C)C2CCN(C(=O)CCl)CC2)n1. The Morgan fingerprint density at radius 1 is 1.12 bits per heavy atom. The van der Waals surface area contributed by atoms with Crippen LogP contribution >= 0.6 is 11.6 Å². The van der Waals surface area contributed by atoms with E-state index in [0.717, 1.165) is 13.0 Å². The van der Waals surface area contributed by atoms with Crippen molar-refractivity contribution >= 4 is 46.7 Å². The van der Waals surface area contributed by atoms with Gasteiger partial charge in [0.15, 0.2) is 6.17 Å². The largest absolute Gasteiger partial charge is 0.491 e. The predicted octanol–water partition coefficient (Wildman–Crippen LogP) is 2.86. The fourth-order valence-corrected chi connectivity index (χ4v) is 5.75. The number of rotatable bonds is 11. The monoisotopic (exact) mass is 623 g/mol.